The predicted octanol–water partition coefficient (Wildman–Crippen LogP) is 4.12. The molecule has 4 saturated carbocycles. The van der Waals surface area contributed by atoms with Crippen molar-refractivity contribution in [3.8, 4) is 0 Å². The van der Waals surface area contributed by atoms with Gasteiger partial charge in [0, 0.05) is 62.3 Å². The SMILES string of the molecule is CC[C@@H](OC1CCN(C2CNC2)CC(C)O1)/C(O)=C/[C@@H](O)O[C@H](CC)/C(O)=C/[C@@H](O)O[C@H]1CC[C@@]2(C)C(CCC3C2C[C@H](O)[C@]2(C)[C@@H](C4=CC(=O)OC4)CC[C@]32O)C1. The number of aliphatic hydroxyl groups is 6. The van der Waals surface area contributed by atoms with Gasteiger partial charge in [0.1, 0.15) is 30.3 Å². The Balaban J connectivity index is 0.914. The van der Waals surface area contributed by atoms with E-state index in [1.165, 1.54) is 6.08 Å². The third kappa shape index (κ3) is 8.41. The fourth-order valence-electron chi connectivity index (χ4n) is 12.4. The third-order valence-electron chi connectivity index (χ3n) is 15.8. The first-order valence-corrected chi connectivity index (χ1v) is 22.1. The number of fused-ring (bicyclic) bond motifs is 5. The van der Waals surface area contributed by atoms with E-state index in [4.69, 9.17) is 23.7 Å². The van der Waals surface area contributed by atoms with Crippen molar-refractivity contribution in [1.82, 2.24) is 10.2 Å². The summed E-state index contributed by atoms with van der Waals surface area (Å²) in [5.74, 6) is -0.499. The van der Waals surface area contributed by atoms with Crippen LogP contribution in [0.1, 0.15) is 105 Å². The Morgan fingerprint density at radius 1 is 0.966 bits per heavy atom. The standard InChI is InChI=1S/C44H70N2O12/c1-6-35(57-40(52)20-34(48)36(7-2)58-41-12-15-46(23-25(3)55-41)28-21-45-22-28)33(47)19-39(51)56-29-10-13-42(4)27(17-29)8-9-31-32(42)18-37(49)43(5)30(11-14-44(31,43)53)26-16-38(50)54-24-26/h16,19-20,25,27-32,35-37,39-41,45,47-49,51-53H,6-15,17-18,21-24H2,1-5H3/b33-19-,34-20-/t25?,27?,29-,30+,31?,32?,35+,36+,37-,39-,40-,41?,42-,43-,44-/m0/s1. The van der Waals surface area contributed by atoms with Gasteiger partial charge in [0.2, 0.25) is 0 Å². The molecule has 6 fully saturated rings. The Morgan fingerprint density at radius 2 is 1.69 bits per heavy atom. The number of esters is 1. The number of ether oxygens (including phenoxy) is 5. The number of aliphatic hydroxyl groups excluding tert-OH is 5. The Morgan fingerprint density at radius 3 is 2.36 bits per heavy atom. The van der Waals surface area contributed by atoms with Crippen LogP contribution in [0.15, 0.2) is 35.3 Å². The van der Waals surface area contributed by atoms with Gasteiger partial charge in [-0.3, -0.25) is 4.90 Å². The second kappa shape index (κ2) is 17.7. The summed E-state index contributed by atoms with van der Waals surface area (Å²) < 4.78 is 29.3. The summed E-state index contributed by atoms with van der Waals surface area (Å²) in [6.45, 7) is 13.8. The molecule has 4 aliphatic carbocycles. The van der Waals surface area contributed by atoms with Gasteiger partial charge >= 0.3 is 5.97 Å². The molecule has 15 atom stereocenters. The molecule has 0 radical (unpaired) electrons. The lowest BCUT2D eigenvalue weighted by Crippen LogP contribution is -2.67. The monoisotopic (exact) mass is 818 g/mol. The molecule has 328 valence electrons. The summed E-state index contributed by atoms with van der Waals surface area (Å²) in [5.41, 5.74) is -1.04. The highest BCUT2D eigenvalue weighted by atomic mass is 16.7. The molecule has 7 rings (SSSR count). The van der Waals surface area contributed by atoms with Gasteiger partial charge in [0.25, 0.3) is 0 Å². The fraction of sp³-hybridized carbons (Fsp3) is 0.841. The van der Waals surface area contributed by atoms with Gasteiger partial charge in [-0.05, 0) is 106 Å². The normalized spacial score (nSPS) is 42.2. The van der Waals surface area contributed by atoms with Crippen LogP contribution in [0.2, 0.25) is 0 Å². The summed E-state index contributed by atoms with van der Waals surface area (Å²) in [5, 5.41) is 71.4. The molecule has 2 saturated heterocycles. The molecule has 14 heteroatoms. The van der Waals surface area contributed by atoms with Crippen molar-refractivity contribution >= 4 is 5.97 Å². The summed E-state index contributed by atoms with van der Waals surface area (Å²) in [6, 6.07) is 0.501. The number of cyclic esters (lactones) is 1. The van der Waals surface area contributed by atoms with Crippen LogP contribution in [0.3, 0.4) is 0 Å². The van der Waals surface area contributed by atoms with Gasteiger partial charge in [-0.15, -0.1) is 0 Å². The zero-order chi connectivity index (χ0) is 41.6. The molecule has 0 aromatic carbocycles. The number of rotatable bonds is 14. The number of nitrogens with one attached hydrogen (secondary N) is 1. The van der Waals surface area contributed by atoms with Crippen LogP contribution in [-0.4, -0.2) is 135 Å². The Labute approximate surface area is 343 Å². The van der Waals surface area contributed by atoms with Crippen molar-refractivity contribution in [2.45, 2.75) is 166 Å². The first-order valence-electron chi connectivity index (χ1n) is 22.1. The van der Waals surface area contributed by atoms with Crippen LogP contribution < -0.4 is 5.32 Å². The number of hydrogen-bond acceptors (Lipinski definition) is 14. The maximum atomic E-state index is 12.5. The van der Waals surface area contributed by atoms with Gasteiger partial charge in [0.05, 0.1) is 23.9 Å². The van der Waals surface area contributed by atoms with Crippen LogP contribution in [0.25, 0.3) is 0 Å². The van der Waals surface area contributed by atoms with E-state index in [0.29, 0.717) is 51.0 Å². The van der Waals surface area contributed by atoms with E-state index in [0.717, 1.165) is 57.1 Å². The fourth-order valence-corrected chi connectivity index (χ4v) is 12.4. The van der Waals surface area contributed by atoms with Gasteiger partial charge in [-0.1, -0.05) is 27.7 Å². The molecule has 5 unspecified atom stereocenters. The topological polar surface area (TPSA) is 200 Å². The van der Waals surface area contributed by atoms with E-state index >= 15 is 0 Å². The molecule has 3 heterocycles. The molecule has 0 spiro atoms. The van der Waals surface area contributed by atoms with Crippen molar-refractivity contribution in [3.63, 3.8) is 0 Å². The van der Waals surface area contributed by atoms with Crippen LogP contribution in [0.4, 0.5) is 0 Å². The minimum absolute atomic E-state index is 0.0332. The predicted molar refractivity (Wildman–Crippen MR) is 213 cm³/mol. The summed E-state index contributed by atoms with van der Waals surface area (Å²) in [4.78, 5) is 14.4. The molecule has 58 heavy (non-hydrogen) atoms. The number of carbonyl (C=O) groups excluding carboxylic acids is 1. The number of nitrogens with zero attached hydrogens (tertiary/aromatic N) is 1. The molecular weight excluding hydrogens is 748 g/mol. The second-order valence-electron chi connectivity index (χ2n) is 18.9. The lowest BCUT2D eigenvalue weighted by atomic mass is 9.42. The maximum absolute atomic E-state index is 12.5. The number of carbonyl (C=O) groups is 1. The minimum atomic E-state index is -1.56. The van der Waals surface area contributed by atoms with E-state index in [9.17, 15) is 35.4 Å². The van der Waals surface area contributed by atoms with E-state index in [1.54, 1.807) is 13.0 Å². The first kappa shape index (κ1) is 44.0. The molecule has 0 aromatic heterocycles. The van der Waals surface area contributed by atoms with Gasteiger partial charge < -0.3 is 59.6 Å². The van der Waals surface area contributed by atoms with E-state index in [-0.39, 0.29) is 71.8 Å². The zero-order valence-corrected chi connectivity index (χ0v) is 35.1. The maximum Gasteiger partial charge on any atom is 0.331 e. The molecule has 7 N–H and O–H groups in total. The van der Waals surface area contributed by atoms with Crippen LogP contribution in [-0.2, 0) is 28.5 Å². The molecule has 14 nitrogen and oxygen atoms in total. The smallest absolute Gasteiger partial charge is 0.331 e. The highest BCUT2D eigenvalue weighted by Gasteiger charge is 2.70. The van der Waals surface area contributed by atoms with Crippen LogP contribution in [0.5, 0.6) is 0 Å². The van der Waals surface area contributed by atoms with Gasteiger partial charge in [0.15, 0.2) is 18.9 Å². The highest BCUT2D eigenvalue weighted by molar-refractivity contribution is 5.85. The van der Waals surface area contributed by atoms with E-state index < -0.39 is 48.2 Å². The van der Waals surface area contributed by atoms with Gasteiger partial charge in [-0.25, -0.2) is 4.79 Å². The largest absolute Gasteiger partial charge is 0.510 e. The van der Waals surface area contributed by atoms with E-state index in [2.05, 4.69) is 17.1 Å². The second-order valence-corrected chi connectivity index (χ2v) is 18.9. The lowest BCUT2D eigenvalue weighted by Gasteiger charge is -2.65. The minimum Gasteiger partial charge on any atom is -0.510 e. The quantitative estimate of drug-likeness (QED) is 0.0751. The first-order chi connectivity index (χ1) is 27.6. The molecule has 7 aliphatic rings. The molecule has 0 aromatic rings. The highest BCUT2D eigenvalue weighted by Crippen LogP contribution is 2.70. The molecule has 0 amide bonds. The number of hydrogen-bond donors (Lipinski definition) is 7. The molecular formula is C44H70N2O12. The van der Waals surface area contributed by atoms with Crippen molar-refractivity contribution in [3.05, 3.63) is 35.3 Å². The summed E-state index contributed by atoms with van der Waals surface area (Å²) >= 11 is 0. The Kier molecular flexibility index (Phi) is 13.4. The Bertz CT molecular complexity index is 1550. The summed E-state index contributed by atoms with van der Waals surface area (Å²) in [6.07, 6.45) is 4.96. The third-order valence-corrected chi connectivity index (χ3v) is 15.8. The zero-order valence-electron chi connectivity index (χ0n) is 35.1. The van der Waals surface area contributed by atoms with Crippen LogP contribution >= 0.6 is 0 Å². The van der Waals surface area contributed by atoms with Crippen LogP contribution in [0, 0.1) is 34.5 Å². The average Bonchev–Trinajstić information content (AvgIpc) is 3.64. The average molecular weight is 819 g/mol. The Hall–Kier alpha value is -2.11. The lowest BCUT2D eigenvalue weighted by molar-refractivity contribution is -0.248. The van der Waals surface area contributed by atoms with Crippen molar-refractivity contribution < 1.29 is 59.1 Å². The summed E-state index contributed by atoms with van der Waals surface area (Å²) in [7, 11) is 0. The van der Waals surface area contributed by atoms with E-state index in [1.807, 2.05) is 20.8 Å². The van der Waals surface area contributed by atoms with Crippen molar-refractivity contribution in [2.24, 2.45) is 34.5 Å². The van der Waals surface area contributed by atoms with Crippen molar-refractivity contribution in [1.29, 1.82) is 0 Å². The molecule has 0 bridgehead atoms. The molecule has 3 aliphatic heterocycles. The van der Waals surface area contributed by atoms with Crippen molar-refractivity contribution in [2.75, 3.05) is 32.8 Å². The van der Waals surface area contributed by atoms with Gasteiger partial charge in [-0.2, -0.15) is 0 Å².